The van der Waals surface area contributed by atoms with Crippen LogP contribution in [-0.2, 0) is 56.9 Å². The standard InChI is InChI=1S/C25H50O12/c1-25(2,3)37-24(26)23-36-22-21-35-20-19-34-18-17-33-16-15-32-14-13-31-12-11-30-10-9-29-8-7-28-6-5-27-4/h5-23H2,1-4H3. The van der Waals surface area contributed by atoms with E-state index in [4.69, 9.17) is 52.1 Å². The van der Waals surface area contributed by atoms with Gasteiger partial charge in [-0.05, 0) is 20.8 Å². The highest BCUT2D eigenvalue weighted by Crippen LogP contribution is 2.06. The number of rotatable bonds is 29. The van der Waals surface area contributed by atoms with E-state index in [1.165, 1.54) is 0 Å². The summed E-state index contributed by atoms with van der Waals surface area (Å²) in [6, 6.07) is 0. The number of esters is 1. The Morgan fingerprint density at radius 2 is 0.676 bits per heavy atom. The van der Waals surface area contributed by atoms with E-state index in [2.05, 4.69) is 0 Å². The molecule has 0 radical (unpaired) electrons. The predicted octanol–water partition coefficient (Wildman–Crippen LogP) is 1.12. The lowest BCUT2D eigenvalue weighted by molar-refractivity contribution is -0.160. The van der Waals surface area contributed by atoms with Gasteiger partial charge in [-0.3, -0.25) is 0 Å². The molecule has 222 valence electrons. The Hall–Kier alpha value is -0.930. The van der Waals surface area contributed by atoms with Crippen molar-refractivity contribution in [2.24, 2.45) is 0 Å². The van der Waals surface area contributed by atoms with Crippen LogP contribution in [0.4, 0.5) is 0 Å². The van der Waals surface area contributed by atoms with E-state index in [1.54, 1.807) is 7.11 Å². The molecular weight excluding hydrogens is 492 g/mol. The van der Waals surface area contributed by atoms with Gasteiger partial charge in [0, 0.05) is 7.11 Å². The Bertz CT molecular complexity index is 473. The Labute approximate surface area is 222 Å². The molecule has 0 N–H and O–H groups in total. The fourth-order valence-electron chi connectivity index (χ4n) is 2.43. The maximum absolute atomic E-state index is 11.5. The minimum atomic E-state index is -0.506. The second-order valence-electron chi connectivity index (χ2n) is 8.53. The third kappa shape index (κ3) is 33.0. The highest BCUT2D eigenvalue weighted by atomic mass is 16.6. The van der Waals surface area contributed by atoms with Crippen molar-refractivity contribution in [1.82, 2.24) is 0 Å². The summed E-state index contributed by atoms with van der Waals surface area (Å²) in [5.74, 6) is -0.384. The topological polar surface area (TPSA) is 119 Å². The maximum Gasteiger partial charge on any atom is 0.332 e. The van der Waals surface area contributed by atoms with E-state index in [0.717, 1.165) is 0 Å². The molecule has 0 aromatic rings. The van der Waals surface area contributed by atoms with Crippen LogP contribution in [0.25, 0.3) is 0 Å². The van der Waals surface area contributed by atoms with Gasteiger partial charge in [0.25, 0.3) is 0 Å². The second kappa shape index (κ2) is 28.1. The van der Waals surface area contributed by atoms with Crippen LogP contribution in [0.3, 0.4) is 0 Å². The van der Waals surface area contributed by atoms with E-state index in [0.29, 0.717) is 119 Å². The van der Waals surface area contributed by atoms with E-state index in [-0.39, 0.29) is 12.6 Å². The molecule has 12 heteroatoms. The van der Waals surface area contributed by atoms with Crippen molar-refractivity contribution in [2.45, 2.75) is 26.4 Å². The van der Waals surface area contributed by atoms with Gasteiger partial charge in [0.1, 0.15) is 12.2 Å². The molecule has 0 spiro atoms. The molecule has 0 bridgehead atoms. The van der Waals surface area contributed by atoms with E-state index < -0.39 is 5.60 Å². The molecule has 0 rings (SSSR count). The van der Waals surface area contributed by atoms with Crippen LogP contribution in [0.15, 0.2) is 0 Å². The molecule has 0 aliphatic rings. The Morgan fingerprint density at radius 3 is 0.919 bits per heavy atom. The van der Waals surface area contributed by atoms with Gasteiger partial charge >= 0.3 is 5.97 Å². The van der Waals surface area contributed by atoms with Crippen LogP contribution < -0.4 is 0 Å². The van der Waals surface area contributed by atoms with Crippen LogP contribution in [0, 0.1) is 0 Å². The van der Waals surface area contributed by atoms with Crippen molar-refractivity contribution >= 4 is 5.97 Å². The molecule has 0 unspecified atom stereocenters. The van der Waals surface area contributed by atoms with Gasteiger partial charge in [0.2, 0.25) is 0 Å². The summed E-state index contributed by atoms with van der Waals surface area (Å²) in [6.07, 6.45) is 0. The molecule has 0 aliphatic carbocycles. The molecule has 0 saturated carbocycles. The number of carbonyl (C=O) groups is 1. The van der Waals surface area contributed by atoms with E-state index in [1.807, 2.05) is 20.8 Å². The van der Waals surface area contributed by atoms with Crippen molar-refractivity contribution in [2.75, 3.05) is 133 Å². The highest BCUT2D eigenvalue weighted by molar-refractivity contribution is 5.71. The van der Waals surface area contributed by atoms with Crippen LogP contribution in [0.2, 0.25) is 0 Å². The molecule has 0 heterocycles. The molecule has 0 atom stereocenters. The van der Waals surface area contributed by atoms with Gasteiger partial charge in [0.15, 0.2) is 0 Å². The fourth-order valence-corrected chi connectivity index (χ4v) is 2.43. The van der Waals surface area contributed by atoms with Crippen molar-refractivity contribution < 1.29 is 56.9 Å². The van der Waals surface area contributed by atoms with Gasteiger partial charge in [-0.15, -0.1) is 0 Å². The average molecular weight is 543 g/mol. The quantitative estimate of drug-likeness (QED) is 0.0995. The fraction of sp³-hybridized carbons (Fsp3) is 0.960. The lowest BCUT2D eigenvalue weighted by atomic mass is 10.2. The number of hydrogen-bond acceptors (Lipinski definition) is 12. The van der Waals surface area contributed by atoms with E-state index >= 15 is 0 Å². The monoisotopic (exact) mass is 542 g/mol. The first-order valence-electron chi connectivity index (χ1n) is 12.9. The lowest BCUT2D eigenvalue weighted by Crippen LogP contribution is -2.27. The molecule has 0 saturated heterocycles. The zero-order valence-corrected chi connectivity index (χ0v) is 23.3. The highest BCUT2D eigenvalue weighted by Gasteiger charge is 2.15. The number of hydrogen-bond donors (Lipinski definition) is 0. The molecule has 0 aromatic heterocycles. The number of ether oxygens (including phenoxy) is 11. The smallest absolute Gasteiger partial charge is 0.332 e. The molecule has 0 amide bonds. The van der Waals surface area contributed by atoms with Crippen molar-refractivity contribution in [3.8, 4) is 0 Å². The zero-order valence-electron chi connectivity index (χ0n) is 23.3. The van der Waals surface area contributed by atoms with E-state index in [9.17, 15) is 4.79 Å². The summed E-state index contributed by atoms with van der Waals surface area (Å²) in [6.45, 7) is 14.3. The predicted molar refractivity (Wildman–Crippen MR) is 135 cm³/mol. The first-order valence-corrected chi connectivity index (χ1v) is 12.9. The Morgan fingerprint density at radius 1 is 0.432 bits per heavy atom. The van der Waals surface area contributed by atoms with Crippen molar-refractivity contribution in [3.63, 3.8) is 0 Å². The van der Waals surface area contributed by atoms with Crippen LogP contribution in [0.1, 0.15) is 20.8 Å². The van der Waals surface area contributed by atoms with Gasteiger partial charge in [-0.1, -0.05) is 0 Å². The summed E-state index contributed by atoms with van der Waals surface area (Å²) in [5.41, 5.74) is -0.506. The first kappa shape index (κ1) is 36.1. The molecule has 12 nitrogen and oxygen atoms in total. The van der Waals surface area contributed by atoms with Crippen LogP contribution in [0.5, 0.6) is 0 Å². The largest absolute Gasteiger partial charge is 0.458 e. The van der Waals surface area contributed by atoms with Crippen molar-refractivity contribution in [3.05, 3.63) is 0 Å². The molecule has 37 heavy (non-hydrogen) atoms. The summed E-state index contributed by atoms with van der Waals surface area (Å²) in [5, 5.41) is 0. The first-order chi connectivity index (χ1) is 18.0. The minimum absolute atomic E-state index is 0.0790. The third-order valence-corrected chi connectivity index (χ3v) is 4.05. The van der Waals surface area contributed by atoms with Gasteiger partial charge in [0.05, 0.1) is 119 Å². The summed E-state index contributed by atoms with van der Waals surface area (Å²) >= 11 is 0. The van der Waals surface area contributed by atoms with Crippen LogP contribution in [-0.4, -0.2) is 144 Å². The molecular formula is C25H50O12. The number of methoxy groups -OCH3 is 1. The average Bonchev–Trinajstić information content (AvgIpc) is 2.84. The SMILES string of the molecule is COCCOCCOCCOCCOCCOCCOCCOCCOCCOCC(=O)OC(C)(C)C. The summed E-state index contributed by atoms with van der Waals surface area (Å²) in [7, 11) is 1.64. The Kier molecular flexibility index (Phi) is 27.4. The van der Waals surface area contributed by atoms with Crippen LogP contribution >= 0.6 is 0 Å². The normalized spacial score (nSPS) is 11.8. The molecule has 0 fully saturated rings. The second-order valence-corrected chi connectivity index (χ2v) is 8.53. The molecule has 0 aromatic carbocycles. The Balaban J connectivity index is 3.09. The van der Waals surface area contributed by atoms with Gasteiger partial charge in [-0.25, -0.2) is 4.79 Å². The zero-order chi connectivity index (χ0) is 27.3. The third-order valence-electron chi connectivity index (χ3n) is 4.05. The van der Waals surface area contributed by atoms with Gasteiger partial charge in [-0.2, -0.15) is 0 Å². The molecule has 0 aliphatic heterocycles. The van der Waals surface area contributed by atoms with Crippen molar-refractivity contribution in [1.29, 1.82) is 0 Å². The van der Waals surface area contributed by atoms with Gasteiger partial charge < -0.3 is 52.1 Å². The maximum atomic E-state index is 11.5. The lowest BCUT2D eigenvalue weighted by Gasteiger charge is -2.19. The number of carbonyl (C=O) groups excluding carboxylic acids is 1. The summed E-state index contributed by atoms with van der Waals surface area (Å²) < 4.78 is 58.4. The minimum Gasteiger partial charge on any atom is -0.458 e. The summed E-state index contributed by atoms with van der Waals surface area (Å²) in [4.78, 5) is 11.5.